The Morgan fingerprint density at radius 2 is 1.90 bits per heavy atom. The zero-order valence-electron chi connectivity index (χ0n) is 12.1. The van der Waals surface area contributed by atoms with Crippen molar-refractivity contribution in [3.8, 4) is 0 Å². The first-order valence-corrected chi connectivity index (χ1v) is 7.06. The first kappa shape index (κ1) is 16.1. The third kappa shape index (κ3) is 4.33. The van der Waals surface area contributed by atoms with Crippen LogP contribution in [0.1, 0.15) is 49.9 Å². The number of carbonyl (C=O) groups excluding carboxylic acids is 1. The number of nitro benzene ring substituents is 1. The molecule has 109 valence electrons. The molecule has 0 spiro atoms. The van der Waals surface area contributed by atoms with Crippen molar-refractivity contribution < 1.29 is 9.72 Å². The van der Waals surface area contributed by atoms with Crippen LogP contribution in [0.4, 0.5) is 5.69 Å². The van der Waals surface area contributed by atoms with E-state index in [-0.39, 0.29) is 17.2 Å². The number of benzene rings is 1. The molecule has 1 amide bonds. The van der Waals surface area contributed by atoms with E-state index in [1.165, 1.54) is 18.2 Å². The van der Waals surface area contributed by atoms with Crippen LogP contribution in [0.25, 0.3) is 0 Å². The highest BCUT2D eigenvalue weighted by atomic mass is 16.6. The van der Waals surface area contributed by atoms with Crippen LogP contribution in [0.3, 0.4) is 0 Å². The van der Waals surface area contributed by atoms with Gasteiger partial charge in [0, 0.05) is 25.2 Å². The van der Waals surface area contributed by atoms with Gasteiger partial charge in [-0.3, -0.25) is 14.9 Å². The van der Waals surface area contributed by atoms with Gasteiger partial charge in [-0.25, -0.2) is 0 Å². The summed E-state index contributed by atoms with van der Waals surface area (Å²) in [6.45, 7) is 5.38. The van der Waals surface area contributed by atoms with Crippen molar-refractivity contribution in [1.29, 1.82) is 0 Å². The Morgan fingerprint density at radius 1 is 1.30 bits per heavy atom. The zero-order valence-corrected chi connectivity index (χ0v) is 12.1. The van der Waals surface area contributed by atoms with E-state index in [1.54, 1.807) is 4.90 Å². The molecule has 0 unspecified atom stereocenters. The van der Waals surface area contributed by atoms with E-state index >= 15 is 0 Å². The molecule has 0 aliphatic rings. The van der Waals surface area contributed by atoms with Crippen LogP contribution in [-0.4, -0.2) is 28.8 Å². The third-order valence-corrected chi connectivity index (χ3v) is 3.10. The summed E-state index contributed by atoms with van der Waals surface area (Å²) in [6, 6.07) is 7.13. The standard InChI is InChI=1S/C15H21N2O3/c1-3-5-11-16(12-6-4-2)15(18)13-9-7-8-10-14(13)17(19)20/h7-8,10H,3-6,11-12H2,1-2H3. The minimum atomic E-state index is -0.526. The molecule has 1 aromatic rings. The predicted octanol–water partition coefficient (Wildman–Crippen LogP) is 3.44. The SMILES string of the molecule is CCCCN(CCCC)C(=O)c1[c]cccc1[N+](=O)[O-]. The summed E-state index contributed by atoms with van der Waals surface area (Å²) in [5, 5.41) is 11.0. The fourth-order valence-electron chi connectivity index (χ4n) is 1.92. The van der Waals surface area contributed by atoms with E-state index in [9.17, 15) is 14.9 Å². The van der Waals surface area contributed by atoms with Crippen LogP contribution >= 0.6 is 0 Å². The van der Waals surface area contributed by atoms with Gasteiger partial charge in [0.2, 0.25) is 0 Å². The number of nitrogens with zero attached hydrogens (tertiary/aromatic N) is 2. The van der Waals surface area contributed by atoms with E-state index in [0.717, 1.165) is 25.7 Å². The fourth-order valence-corrected chi connectivity index (χ4v) is 1.92. The molecule has 0 aliphatic heterocycles. The monoisotopic (exact) mass is 277 g/mol. The van der Waals surface area contributed by atoms with E-state index in [1.807, 2.05) is 0 Å². The molecule has 20 heavy (non-hydrogen) atoms. The minimum Gasteiger partial charge on any atom is -0.338 e. The minimum absolute atomic E-state index is 0.0599. The smallest absolute Gasteiger partial charge is 0.282 e. The topological polar surface area (TPSA) is 63.5 Å². The summed E-state index contributed by atoms with van der Waals surface area (Å²) in [4.78, 5) is 24.6. The van der Waals surface area contributed by atoms with Gasteiger partial charge in [0.25, 0.3) is 11.6 Å². The zero-order chi connectivity index (χ0) is 15.0. The first-order valence-electron chi connectivity index (χ1n) is 7.06. The highest BCUT2D eigenvalue weighted by Gasteiger charge is 2.23. The van der Waals surface area contributed by atoms with Crippen molar-refractivity contribution >= 4 is 11.6 Å². The van der Waals surface area contributed by atoms with Gasteiger partial charge in [0.15, 0.2) is 0 Å². The number of nitro groups is 1. The molecule has 0 aromatic heterocycles. The summed E-state index contributed by atoms with van der Waals surface area (Å²) >= 11 is 0. The maximum Gasteiger partial charge on any atom is 0.282 e. The lowest BCUT2D eigenvalue weighted by atomic mass is 10.1. The lowest BCUT2D eigenvalue weighted by molar-refractivity contribution is -0.385. The van der Waals surface area contributed by atoms with Gasteiger partial charge in [-0.05, 0) is 12.8 Å². The number of hydrogen-bond donors (Lipinski definition) is 0. The fraction of sp³-hybridized carbons (Fsp3) is 0.533. The summed E-state index contributed by atoms with van der Waals surface area (Å²) in [5.41, 5.74) is -0.111. The number of unbranched alkanes of at least 4 members (excludes halogenated alkanes) is 2. The number of hydrogen-bond acceptors (Lipinski definition) is 3. The van der Waals surface area contributed by atoms with Crippen molar-refractivity contribution in [2.45, 2.75) is 39.5 Å². The van der Waals surface area contributed by atoms with Gasteiger partial charge in [0.1, 0.15) is 5.56 Å². The molecular weight excluding hydrogens is 256 g/mol. The second kappa shape index (κ2) is 8.30. The number of carbonyl (C=O) groups is 1. The Kier molecular flexibility index (Phi) is 6.70. The van der Waals surface area contributed by atoms with Crippen molar-refractivity contribution in [1.82, 2.24) is 4.90 Å². The highest BCUT2D eigenvalue weighted by Crippen LogP contribution is 2.19. The van der Waals surface area contributed by atoms with Crippen molar-refractivity contribution in [3.63, 3.8) is 0 Å². The maximum absolute atomic E-state index is 12.5. The molecule has 1 rings (SSSR count). The van der Waals surface area contributed by atoms with Crippen molar-refractivity contribution in [2.24, 2.45) is 0 Å². The quantitative estimate of drug-likeness (QED) is 0.540. The van der Waals surface area contributed by atoms with E-state index < -0.39 is 4.92 Å². The summed E-state index contributed by atoms with van der Waals surface area (Å²) in [7, 11) is 0. The molecule has 0 heterocycles. The van der Waals surface area contributed by atoms with Gasteiger partial charge in [-0.15, -0.1) is 0 Å². The molecule has 0 bridgehead atoms. The molecule has 0 fully saturated rings. The van der Waals surface area contributed by atoms with Crippen LogP contribution in [0.5, 0.6) is 0 Å². The van der Waals surface area contributed by atoms with Gasteiger partial charge in [-0.1, -0.05) is 38.8 Å². The Labute approximate surface area is 119 Å². The Balaban J connectivity index is 2.95. The first-order chi connectivity index (χ1) is 9.61. The average molecular weight is 277 g/mol. The Bertz CT molecular complexity index is 452. The molecule has 1 aromatic carbocycles. The van der Waals surface area contributed by atoms with Gasteiger partial charge >= 0.3 is 0 Å². The number of amides is 1. The van der Waals surface area contributed by atoms with E-state index in [0.29, 0.717) is 13.1 Å². The summed E-state index contributed by atoms with van der Waals surface area (Å²) in [6.07, 6.45) is 3.76. The predicted molar refractivity (Wildman–Crippen MR) is 77.7 cm³/mol. The summed E-state index contributed by atoms with van der Waals surface area (Å²) < 4.78 is 0. The lowest BCUT2D eigenvalue weighted by Crippen LogP contribution is -2.33. The highest BCUT2D eigenvalue weighted by molar-refractivity contribution is 5.97. The van der Waals surface area contributed by atoms with Gasteiger partial charge < -0.3 is 4.90 Å². The maximum atomic E-state index is 12.5. The summed E-state index contributed by atoms with van der Waals surface area (Å²) in [5.74, 6) is -0.292. The van der Waals surface area contributed by atoms with Crippen LogP contribution in [0.2, 0.25) is 0 Å². The second-order valence-electron chi connectivity index (χ2n) is 4.69. The molecule has 1 radical (unpaired) electrons. The molecule has 0 N–H and O–H groups in total. The van der Waals surface area contributed by atoms with Gasteiger partial charge in [0.05, 0.1) is 4.92 Å². The second-order valence-corrected chi connectivity index (χ2v) is 4.69. The molecule has 0 saturated heterocycles. The molecular formula is C15H21N2O3. The van der Waals surface area contributed by atoms with Crippen LogP contribution < -0.4 is 0 Å². The molecule has 5 nitrogen and oxygen atoms in total. The Hall–Kier alpha value is -1.91. The van der Waals surface area contributed by atoms with Gasteiger partial charge in [-0.2, -0.15) is 0 Å². The lowest BCUT2D eigenvalue weighted by Gasteiger charge is -2.22. The average Bonchev–Trinajstić information content (AvgIpc) is 2.46. The molecule has 0 atom stereocenters. The van der Waals surface area contributed by atoms with Crippen LogP contribution in [-0.2, 0) is 0 Å². The molecule has 0 aliphatic carbocycles. The van der Waals surface area contributed by atoms with Crippen molar-refractivity contribution in [2.75, 3.05) is 13.1 Å². The normalized spacial score (nSPS) is 10.3. The van der Waals surface area contributed by atoms with E-state index in [4.69, 9.17) is 0 Å². The molecule has 0 saturated carbocycles. The third-order valence-electron chi connectivity index (χ3n) is 3.10. The largest absolute Gasteiger partial charge is 0.338 e. The molecule has 5 heteroatoms. The Morgan fingerprint density at radius 3 is 2.40 bits per heavy atom. The van der Waals surface area contributed by atoms with Crippen LogP contribution in [0.15, 0.2) is 18.2 Å². The number of rotatable bonds is 8. The van der Waals surface area contributed by atoms with Crippen molar-refractivity contribution in [3.05, 3.63) is 39.9 Å². The van der Waals surface area contributed by atoms with Crippen LogP contribution in [0, 0.1) is 16.2 Å². The van der Waals surface area contributed by atoms with E-state index in [2.05, 4.69) is 19.9 Å².